The van der Waals surface area contributed by atoms with Gasteiger partial charge in [-0.25, -0.2) is 17.8 Å². The molecule has 0 bridgehead atoms. The highest BCUT2D eigenvalue weighted by atomic mass is 35.5. The van der Waals surface area contributed by atoms with Crippen LogP contribution in [-0.2, 0) is 14.8 Å². The van der Waals surface area contributed by atoms with Crippen molar-refractivity contribution in [3.8, 4) is 0 Å². The van der Waals surface area contributed by atoms with Crippen LogP contribution in [0.4, 0.5) is 10.2 Å². The van der Waals surface area contributed by atoms with Crippen molar-refractivity contribution in [1.82, 2.24) is 14.2 Å². The summed E-state index contributed by atoms with van der Waals surface area (Å²) in [7, 11) is -3.83. The lowest BCUT2D eigenvalue weighted by atomic mass is 10.1. The summed E-state index contributed by atoms with van der Waals surface area (Å²) in [4.78, 5) is 20.6. The number of hydrogen-bond donors (Lipinski definition) is 0. The Balaban J connectivity index is 1.50. The molecule has 31 heavy (non-hydrogen) atoms. The number of benzene rings is 1. The van der Waals surface area contributed by atoms with E-state index in [1.165, 1.54) is 15.3 Å². The second-order valence-electron chi connectivity index (χ2n) is 7.25. The van der Waals surface area contributed by atoms with E-state index in [1.54, 1.807) is 18.3 Å². The Labute approximate surface area is 185 Å². The van der Waals surface area contributed by atoms with Gasteiger partial charge in [-0.1, -0.05) is 11.6 Å². The summed E-state index contributed by atoms with van der Waals surface area (Å²) in [6, 6.07) is 6.84. The molecule has 0 spiro atoms. The van der Waals surface area contributed by atoms with Crippen LogP contribution in [0.15, 0.2) is 41.4 Å². The van der Waals surface area contributed by atoms with Crippen LogP contribution >= 0.6 is 11.6 Å². The second kappa shape index (κ2) is 9.07. The molecule has 8 nitrogen and oxygen atoms in total. The number of carbonyl (C=O) groups excluding carboxylic acids is 1. The highest BCUT2D eigenvalue weighted by molar-refractivity contribution is 7.89. The van der Waals surface area contributed by atoms with Crippen molar-refractivity contribution >= 4 is 33.3 Å². The number of aromatic nitrogens is 1. The normalized spacial score (nSPS) is 18.3. The fraction of sp³-hybridized carbons (Fsp3) is 0.400. The Morgan fingerprint density at radius 3 is 2.45 bits per heavy atom. The minimum Gasteiger partial charge on any atom is -0.379 e. The number of nitrogens with zero attached hydrogens (tertiary/aromatic N) is 4. The van der Waals surface area contributed by atoms with Crippen molar-refractivity contribution in [2.75, 3.05) is 57.4 Å². The van der Waals surface area contributed by atoms with Crippen LogP contribution < -0.4 is 4.90 Å². The van der Waals surface area contributed by atoms with Crippen LogP contribution in [-0.4, -0.2) is 81.0 Å². The molecule has 0 N–H and O–H groups in total. The number of sulfonamides is 1. The summed E-state index contributed by atoms with van der Waals surface area (Å²) in [6.07, 6.45) is 1.65. The number of anilines is 1. The maximum Gasteiger partial charge on any atom is 0.256 e. The van der Waals surface area contributed by atoms with E-state index in [4.69, 9.17) is 16.3 Å². The highest BCUT2D eigenvalue weighted by Crippen LogP contribution is 2.25. The van der Waals surface area contributed by atoms with Crippen molar-refractivity contribution in [1.29, 1.82) is 0 Å². The summed E-state index contributed by atoms with van der Waals surface area (Å²) in [5, 5.41) is 0.523. The van der Waals surface area contributed by atoms with Gasteiger partial charge in [-0.3, -0.25) is 4.79 Å². The molecule has 0 saturated carbocycles. The number of pyridine rings is 1. The molecule has 1 aromatic heterocycles. The van der Waals surface area contributed by atoms with E-state index >= 15 is 0 Å². The first-order valence-corrected chi connectivity index (χ1v) is 11.7. The molecule has 0 radical (unpaired) electrons. The predicted octanol–water partition coefficient (Wildman–Crippen LogP) is 1.86. The Hall–Kier alpha value is -2.27. The van der Waals surface area contributed by atoms with E-state index in [0.717, 1.165) is 12.1 Å². The zero-order chi connectivity index (χ0) is 22.0. The molecule has 11 heteroatoms. The summed E-state index contributed by atoms with van der Waals surface area (Å²) in [6.45, 7) is 2.69. The average molecular weight is 469 g/mol. The van der Waals surface area contributed by atoms with Crippen LogP contribution in [0.25, 0.3) is 0 Å². The largest absolute Gasteiger partial charge is 0.379 e. The number of morpholine rings is 1. The molecule has 4 rings (SSSR count). The molecular formula is C20H22ClFN4O4S. The van der Waals surface area contributed by atoms with E-state index in [2.05, 4.69) is 4.98 Å². The van der Waals surface area contributed by atoms with Gasteiger partial charge < -0.3 is 14.5 Å². The molecule has 2 fully saturated rings. The molecule has 1 aromatic carbocycles. The molecule has 2 saturated heterocycles. The van der Waals surface area contributed by atoms with Crippen LogP contribution in [0, 0.1) is 5.82 Å². The third-order valence-electron chi connectivity index (χ3n) is 5.38. The van der Waals surface area contributed by atoms with Gasteiger partial charge >= 0.3 is 0 Å². The minimum absolute atomic E-state index is 0.0990. The number of carbonyl (C=O) groups is 1. The maximum absolute atomic E-state index is 14.5. The first-order valence-electron chi connectivity index (χ1n) is 9.90. The number of amides is 1. The summed E-state index contributed by atoms with van der Waals surface area (Å²) in [5.74, 6) is -0.648. The smallest absolute Gasteiger partial charge is 0.256 e. The molecule has 2 aliphatic rings. The van der Waals surface area contributed by atoms with E-state index in [9.17, 15) is 17.6 Å². The van der Waals surface area contributed by atoms with E-state index < -0.39 is 21.7 Å². The molecule has 1 amide bonds. The monoisotopic (exact) mass is 468 g/mol. The number of hydrogen-bond acceptors (Lipinski definition) is 6. The molecular weight excluding hydrogens is 447 g/mol. The predicted molar refractivity (Wildman–Crippen MR) is 113 cm³/mol. The second-order valence-corrected chi connectivity index (χ2v) is 9.59. The van der Waals surface area contributed by atoms with Crippen LogP contribution in [0.1, 0.15) is 10.4 Å². The van der Waals surface area contributed by atoms with Crippen molar-refractivity contribution in [2.24, 2.45) is 0 Å². The van der Waals surface area contributed by atoms with Crippen LogP contribution in [0.3, 0.4) is 0 Å². The molecule has 0 atom stereocenters. The first kappa shape index (κ1) is 21.9. The molecule has 2 aromatic rings. The third kappa shape index (κ3) is 4.52. The fourth-order valence-electron chi connectivity index (χ4n) is 3.67. The maximum atomic E-state index is 14.5. The molecule has 3 heterocycles. The van der Waals surface area contributed by atoms with Crippen LogP contribution in [0.5, 0.6) is 0 Å². The van der Waals surface area contributed by atoms with Gasteiger partial charge in [0.15, 0.2) is 0 Å². The number of piperazine rings is 1. The van der Waals surface area contributed by atoms with Crippen molar-refractivity contribution in [3.05, 3.63) is 52.9 Å². The lowest BCUT2D eigenvalue weighted by molar-refractivity contribution is 0.0728. The molecule has 0 unspecified atom stereocenters. The Morgan fingerprint density at radius 1 is 1.06 bits per heavy atom. The van der Waals surface area contributed by atoms with E-state index in [0.29, 0.717) is 50.2 Å². The van der Waals surface area contributed by atoms with Crippen molar-refractivity contribution in [2.45, 2.75) is 4.90 Å². The number of halogens is 2. The molecule has 2 aliphatic heterocycles. The minimum atomic E-state index is -3.83. The quantitative estimate of drug-likeness (QED) is 0.681. The SMILES string of the molecule is O=C(c1cc(S(=O)(=O)N2CCOCC2)ccc1F)N1CCN(c2ncccc2Cl)CC1. The van der Waals surface area contributed by atoms with Gasteiger partial charge in [0.25, 0.3) is 5.91 Å². The van der Waals surface area contributed by atoms with Crippen molar-refractivity contribution in [3.63, 3.8) is 0 Å². The Kier molecular flexibility index (Phi) is 6.42. The third-order valence-corrected chi connectivity index (χ3v) is 7.57. The molecule has 166 valence electrons. The lowest BCUT2D eigenvalue weighted by Gasteiger charge is -2.35. The number of rotatable bonds is 4. The fourth-order valence-corrected chi connectivity index (χ4v) is 5.34. The van der Waals surface area contributed by atoms with E-state index in [1.807, 2.05) is 4.90 Å². The van der Waals surface area contributed by atoms with Crippen molar-refractivity contribution < 1.29 is 22.3 Å². The van der Waals surface area contributed by atoms with Gasteiger partial charge in [-0.05, 0) is 30.3 Å². The lowest BCUT2D eigenvalue weighted by Crippen LogP contribution is -2.49. The Bertz CT molecular complexity index is 1070. The zero-order valence-electron chi connectivity index (χ0n) is 16.7. The van der Waals surface area contributed by atoms with Gasteiger partial charge in [0.2, 0.25) is 10.0 Å². The van der Waals surface area contributed by atoms with Gasteiger partial charge in [-0.15, -0.1) is 0 Å². The highest BCUT2D eigenvalue weighted by Gasteiger charge is 2.30. The van der Waals surface area contributed by atoms with Gasteiger partial charge in [0.05, 0.1) is 28.7 Å². The summed E-state index contributed by atoms with van der Waals surface area (Å²) in [5.41, 5.74) is -0.251. The van der Waals surface area contributed by atoms with E-state index in [-0.39, 0.29) is 23.5 Å². The Morgan fingerprint density at radius 2 is 1.77 bits per heavy atom. The first-order chi connectivity index (χ1) is 14.9. The summed E-state index contributed by atoms with van der Waals surface area (Å²) < 4.78 is 46.7. The van der Waals surface area contributed by atoms with Gasteiger partial charge in [-0.2, -0.15) is 4.31 Å². The average Bonchev–Trinajstić information content (AvgIpc) is 2.80. The number of ether oxygens (including phenoxy) is 1. The topological polar surface area (TPSA) is 83.0 Å². The van der Waals surface area contributed by atoms with Gasteiger partial charge in [0.1, 0.15) is 11.6 Å². The van der Waals surface area contributed by atoms with Gasteiger partial charge in [0, 0.05) is 45.5 Å². The van der Waals surface area contributed by atoms with Crippen LogP contribution in [0.2, 0.25) is 5.02 Å². The summed E-state index contributed by atoms with van der Waals surface area (Å²) >= 11 is 6.19. The zero-order valence-corrected chi connectivity index (χ0v) is 18.3. The molecule has 0 aliphatic carbocycles. The standard InChI is InChI=1S/C20H22ClFN4O4S/c21-17-2-1-5-23-19(17)24-6-8-25(9-7-24)20(27)16-14-15(3-4-18(16)22)31(28,29)26-10-12-30-13-11-26/h1-5,14H,6-13H2.